The molecule has 1 saturated heterocycles. The largest absolute Gasteiger partial charge is 0.497 e. The number of benzene rings is 1. The van der Waals surface area contributed by atoms with Gasteiger partial charge in [0.1, 0.15) is 5.76 Å². The smallest absolute Gasteiger partial charge is 0.223 e. The van der Waals surface area contributed by atoms with Crippen molar-refractivity contribution < 1.29 is 9.53 Å². The molecule has 20 heavy (non-hydrogen) atoms. The van der Waals surface area contributed by atoms with Crippen molar-refractivity contribution in [1.82, 2.24) is 4.90 Å². The molecule has 1 aliphatic carbocycles. The Morgan fingerprint density at radius 2 is 2.05 bits per heavy atom. The molecule has 1 aromatic rings. The lowest BCUT2D eigenvalue weighted by Crippen LogP contribution is -2.39. The van der Waals surface area contributed by atoms with Gasteiger partial charge in [-0.2, -0.15) is 0 Å². The summed E-state index contributed by atoms with van der Waals surface area (Å²) < 4.78 is 5.42. The minimum atomic E-state index is 0.00218. The van der Waals surface area contributed by atoms with Crippen LogP contribution in [0.15, 0.2) is 54.3 Å². The highest BCUT2D eigenvalue weighted by Gasteiger charge is 2.40. The molecule has 3 heteroatoms. The quantitative estimate of drug-likeness (QED) is 0.844. The van der Waals surface area contributed by atoms with Gasteiger partial charge in [0, 0.05) is 24.5 Å². The van der Waals surface area contributed by atoms with E-state index in [1.54, 1.807) is 7.11 Å². The molecule has 1 amide bonds. The molecule has 1 aromatic carbocycles. The zero-order chi connectivity index (χ0) is 14.1. The van der Waals surface area contributed by atoms with Gasteiger partial charge in [0.05, 0.1) is 13.2 Å². The van der Waals surface area contributed by atoms with Crippen LogP contribution in [0.1, 0.15) is 24.3 Å². The monoisotopic (exact) mass is 269 g/mol. The first-order chi connectivity index (χ1) is 9.72. The molecule has 3 nitrogen and oxygen atoms in total. The van der Waals surface area contributed by atoms with Gasteiger partial charge >= 0.3 is 0 Å². The predicted molar refractivity (Wildman–Crippen MR) is 78.2 cm³/mol. The first-order valence-corrected chi connectivity index (χ1v) is 7.02. The number of rotatable bonds is 3. The molecule has 0 unspecified atom stereocenters. The Kier molecular flexibility index (Phi) is 3.35. The van der Waals surface area contributed by atoms with E-state index in [9.17, 15) is 4.79 Å². The van der Waals surface area contributed by atoms with E-state index in [1.807, 2.05) is 23.1 Å². The Labute approximate surface area is 119 Å². The minimum Gasteiger partial charge on any atom is -0.497 e. The van der Waals surface area contributed by atoms with Gasteiger partial charge in [-0.1, -0.05) is 36.9 Å². The molecule has 1 fully saturated rings. The molecule has 0 saturated carbocycles. The number of methoxy groups -OCH3 is 1. The van der Waals surface area contributed by atoms with Crippen LogP contribution in [0.2, 0.25) is 0 Å². The van der Waals surface area contributed by atoms with Crippen LogP contribution >= 0.6 is 0 Å². The summed E-state index contributed by atoms with van der Waals surface area (Å²) in [6.45, 7) is 4.97. The van der Waals surface area contributed by atoms with Gasteiger partial charge < -0.3 is 9.64 Å². The number of amides is 1. The number of ether oxygens (including phenoxy) is 1. The van der Waals surface area contributed by atoms with Crippen LogP contribution in [0.4, 0.5) is 0 Å². The zero-order valence-corrected chi connectivity index (χ0v) is 11.7. The van der Waals surface area contributed by atoms with Crippen molar-refractivity contribution in [3.8, 4) is 0 Å². The highest BCUT2D eigenvalue weighted by molar-refractivity contribution is 5.79. The fraction of sp³-hybridized carbons (Fsp3) is 0.353. The SMILES string of the molecule is C=C1C(OC)=C[C@H](c2ccccc2)[C@H]1N1CCCC1=O. The van der Waals surface area contributed by atoms with Crippen LogP contribution in [0.25, 0.3) is 0 Å². The van der Waals surface area contributed by atoms with Gasteiger partial charge in [0.2, 0.25) is 5.91 Å². The maximum Gasteiger partial charge on any atom is 0.223 e. The van der Waals surface area contributed by atoms with Crippen LogP contribution in [0.5, 0.6) is 0 Å². The summed E-state index contributed by atoms with van der Waals surface area (Å²) in [5.74, 6) is 1.17. The summed E-state index contributed by atoms with van der Waals surface area (Å²) in [7, 11) is 1.66. The molecule has 3 rings (SSSR count). The van der Waals surface area contributed by atoms with E-state index in [1.165, 1.54) is 5.56 Å². The zero-order valence-electron chi connectivity index (χ0n) is 11.7. The van der Waals surface area contributed by atoms with E-state index in [2.05, 4.69) is 24.8 Å². The summed E-state index contributed by atoms with van der Waals surface area (Å²) >= 11 is 0. The number of nitrogens with zero attached hydrogens (tertiary/aromatic N) is 1. The lowest BCUT2D eigenvalue weighted by atomic mass is 9.92. The summed E-state index contributed by atoms with van der Waals surface area (Å²) in [4.78, 5) is 14.1. The predicted octanol–water partition coefficient (Wildman–Crippen LogP) is 2.86. The molecule has 0 aromatic heterocycles. The minimum absolute atomic E-state index is 0.00218. The first kappa shape index (κ1) is 13.0. The van der Waals surface area contributed by atoms with Crippen molar-refractivity contribution in [2.75, 3.05) is 13.7 Å². The van der Waals surface area contributed by atoms with E-state index in [0.29, 0.717) is 6.42 Å². The average molecular weight is 269 g/mol. The van der Waals surface area contributed by atoms with E-state index >= 15 is 0 Å². The van der Waals surface area contributed by atoms with Crippen molar-refractivity contribution in [3.05, 3.63) is 59.9 Å². The van der Waals surface area contributed by atoms with Crippen molar-refractivity contribution in [3.63, 3.8) is 0 Å². The number of carbonyl (C=O) groups excluding carboxylic acids is 1. The molecule has 2 aliphatic rings. The molecule has 104 valence electrons. The molecule has 0 bridgehead atoms. The third kappa shape index (κ3) is 2.03. The summed E-state index contributed by atoms with van der Waals surface area (Å²) in [5, 5.41) is 0. The fourth-order valence-electron chi connectivity index (χ4n) is 3.22. The second kappa shape index (κ2) is 5.16. The second-order valence-corrected chi connectivity index (χ2v) is 5.33. The topological polar surface area (TPSA) is 29.5 Å². The van der Waals surface area contributed by atoms with Crippen molar-refractivity contribution >= 4 is 5.91 Å². The van der Waals surface area contributed by atoms with Gasteiger partial charge in [-0.05, 0) is 18.1 Å². The van der Waals surface area contributed by atoms with Crippen LogP contribution < -0.4 is 0 Å². The Bertz CT molecular complexity index is 562. The van der Waals surface area contributed by atoms with Crippen LogP contribution in [-0.4, -0.2) is 30.5 Å². The Morgan fingerprint density at radius 1 is 1.30 bits per heavy atom. The van der Waals surface area contributed by atoms with E-state index in [-0.39, 0.29) is 17.9 Å². The van der Waals surface area contributed by atoms with E-state index < -0.39 is 0 Å². The molecular formula is C17H19NO2. The number of hydrogen-bond donors (Lipinski definition) is 0. The Morgan fingerprint density at radius 3 is 2.65 bits per heavy atom. The molecular weight excluding hydrogens is 250 g/mol. The summed E-state index contributed by atoms with van der Waals surface area (Å²) in [6, 6.07) is 10.3. The fourth-order valence-corrected chi connectivity index (χ4v) is 3.22. The highest BCUT2D eigenvalue weighted by atomic mass is 16.5. The standard InChI is InChI=1S/C17H19NO2/c1-12-15(20-2)11-14(13-7-4-3-5-8-13)17(12)18-10-6-9-16(18)19/h3-5,7-8,11,14,17H,1,6,9-10H2,2H3/t14-,17+/m1/s1. The van der Waals surface area contributed by atoms with Crippen LogP contribution in [0, 0.1) is 0 Å². The maximum absolute atomic E-state index is 12.1. The first-order valence-electron chi connectivity index (χ1n) is 7.02. The Balaban J connectivity index is 1.98. The molecule has 0 radical (unpaired) electrons. The van der Waals surface area contributed by atoms with Gasteiger partial charge in [-0.15, -0.1) is 0 Å². The molecule has 0 N–H and O–H groups in total. The van der Waals surface area contributed by atoms with Gasteiger partial charge in [-0.3, -0.25) is 4.79 Å². The van der Waals surface area contributed by atoms with Gasteiger partial charge in [0.15, 0.2) is 0 Å². The third-order valence-electron chi connectivity index (χ3n) is 4.19. The lowest BCUT2D eigenvalue weighted by molar-refractivity contribution is -0.129. The summed E-state index contributed by atoms with van der Waals surface area (Å²) in [5.41, 5.74) is 2.11. The van der Waals surface area contributed by atoms with Crippen molar-refractivity contribution in [1.29, 1.82) is 0 Å². The third-order valence-corrected chi connectivity index (χ3v) is 4.19. The van der Waals surface area contributed by atoms with Crippen LogP contribution in [-0.2, 0) is 9.53 Å². The molecule has 2 atom stereocenters. The lowest BCUT2D eigenvalue weighted by Gasteiger charge is -2.30. The normalized spacial score (nSPS) is 26.1. The Hall–Kier alpha value is -2.03. The van der Waals surface area contributed by atoms with E-state index in [4.69, 9.17) is 4.74 Å². The number of carbonyl (C=O) groups is 1. The number of likely N-dealkylation sites (tertiary alicyclic amines) is 1. The van der Waals surface area contributed by atoms with Crippen LogP contribution in [0.3, 0.4) is 0 Å². The maximum atomic E-state index is 12.1. The molecule has 1 heterocycles. The second-order valence-electron chi connectivity index (χ2n) is 5.33. The van der Waals surface area contributed by atoms with Crippen molar-refractivity contribution in [2.45, 2.75) is 24.8 Å². The number of hydrogen-bond acceptors (Lipinski definition) is 2. The average Bonchev–Trinajstić information content (AvgIpc) is 3.03. The molecule has 1 aliphatic heterocycles. The summed E-state index contributed by atoms with van der Waals surface area (Å²) in [6.07, 6.45) is 3.67. The van der Waals surface area contributed by atoms with E-state index in [0.717, 1.165) is 24.3 Å². The van der Waals surface area contributed by atoms with Gasteiger partial charge in [-0.25, -0.2) is 0 Å². The van der Waals surface area contributed by atoms with Crippen molar-refractivity contribution in [2.24, 2.45) is 0 Å². The molecule has 0 spiro atoms. The van der Waals surface area contributed by atoms with Gasteiger partial charge in [0.25, 0.3) is 0 Å². The highest BCUT2D eigenvalue weighted by Crippen LogP contribution is 2.41.